The van der Waals surface area contributed by atoms with Gasteiger partial charge in [-0.3, -0.25) is 9.69 Å². The number of carbonyl (C=O) groups is 1. The van der Waals surface area contributed by atoms with Gasteiger partial charge in [-0.25, -0.2) is 0 Å². The van der Waals surface area contributed by atoms with Crippen LogP contribution < -0.4 is 5.73 Å². The van der Waals surface area contributed by atoms with Crippen LogP contribution >= 0.6 is 0 Å². The highest BCUT2D eigenvalue weighted by Gasteiger charge is 2.28. The van der Waals surface area contributed by atoms with Gasteiger partial charge in [0.2, 0.25) is 5.91 Å². The minimum Gasteiger partial charge on any atom is -0.456 e. The van der Waals surface area contributed by atoms with Crippen LogP contribution in [-0.2, 0) is 11.3 Å². The second kappa shape index (κ2) is 6.13. The predicted octanol–water partition coefficient (Wildman–Crippen LogP) is 3.55. The number of amides is 1. The molecule has 0 aliphatic carbocycles. The molecule has 4 nitrogen and oxygen atoms in total. The highest BCUT2D eigenvalue weighted by molar-refractivity contribution is 5.83. The van der Waals surface area contributed by atoms with E-state index in [9.17, 15) is 4.79 Å². The normalized spacial score (nSPS) is 18.2. The van der Waals surface area contributed by atoms with Crippen LogP contribution in [0.3, 0.4) is 0 Å². The Hall–Kier alpha value is -2.59. The average molecular weight is 320 g/mol. The van der Waals surface area contributed by atoms with Crippen molar-refractivity contribution in [1.29, 1.82) is 0 Å². The Bertz CT molecular complexity index is 870. The topological polar surface area (TPSA) is 59.5 Å². The fourth-order valence-corrected chi connectivity index (χ4v) is 3.51. The molecule has 0 unspecified atom stereocenters. The minimum absolute atomic E-state index is 0.134. The van der Waals surface area contributed by atoms with Crippen molar-refractivity contribution in [2.24, 2.45) is 5.73 Å². The summed E-state index contributed by atoms with van der Waals surface area (Å²) in [5.41, 5.74) is 8.63. The van der Waals surface area contributed by atoms with E-state index in [1.54, 1.807) is 0 Å². The van der Waals surface area contributed by atoms with E-state index in [2.05, 4.69) is 23.1 Å². The first-order valence-corrected chi connectivity index (χ1v) is 8.32. The third-order valence-corrected chi connectivity index (χ3v) is 4.72. The van der Waals surface area contributed by atoms with Gasteiger partial charge in [0.05, 0.1) is 6.04 Å². The van der Waals surface area contributed by atoms with Crippen LogP contribution in [0, 0.1) is 0 Å². The molecule has 1 saturated heterocycles. The van der Waals surface area contributed by atoms with E-state index in [0.717, 1.165) is 48.2 Å². The molecule has 24 heavy (non-hydrogen) atoms. The Morgan fingerprint density at radius 3 is 2.79 bits per heavy atom. The van der Waals surface area contributed by atoms with Gasteiger partial charge in [0.1, 0.15) is 11.3 Å². The Kier molecular flexibility index (Phi) is 3.82. The second-order valence-corrected chi connectivity index (χ2v) is 6.38. The molecule has 0 bridgehead atoms. The summed E-state index contributed by atoms with van der Waals surface area (Å²) in [7, 11) is 0. The number of rotatable bonds is 4. The van der Waals surface area contributed by atoms with Gasteiger partial charge in [-0.05, 0) is 43.1 Å². The molecule has 122 valence electrons. The number of nitrogens with zero attached hydrogens (tertiary/aromatic N) is 1. The SMILES string of the molecule is NC(=O)[C@@H]1CCCN1Cc1ccc2oc(-c3ccccc3)cc2c1. The zero-order chi connectivity index (χ0) is 16.5. The molecule has 4 heteroatoms. The Morgan fingerprint density at radius 1 is 1.17 bits per heavy atom. The van der Waals surface area contributed by atoms with Crippen molar-refractivity contribution < 1.29 is 9.21 Å². The maximum absolute atomic E-state index is 11.5. The third-order valence-electron chi connectivity index (χ3n) is 4.72. The summed E-state index contributed by atoms with van der Waals surface area (Å²) in [6.07, 6.45) is 1.89. The summed E-state index contributed by atoms with van der Waals surface area (Å²) >= 11 is 0. The summed E-state index contributed by atoms with van der Waals surface area (Å²) in [5.74, 6) is 0.655. The molecule has 2 heterocycles. The van der Waals surface area contributed by atoms with E-state index in [1.807, 2.05) is 36.4 Å². The quantitative estimate of drug-likeness (QED) is 0.800. The lowest BCUT2D eigenvalue weighted by Gasteiger charge is -2.21. The predicted molar refractivity (Wildman–Crippen MR) is 94.3 cm³/mol. The molecule has 1 aromatic heterocycles. The molecule has 0 saturated carbocycles. The van der Waals surface area contributed by atoms with Gasteiger partial charge >= 0.3 is 0 Å². The van der Waals surface area contributed by atoms with Crippen LogP contribution in [0.1, 0.15) is 18.4 Å². The van der Waals surface area contributed by atoms with Gasteiger partial charge in [0.15, 0.2) is 0 Å². The minimum atomic E-state index is -0.219. The highest BCUT2D eigenvalue weighted by atomic mass is 16.3. The molecule has 1 atom stereocenters. The number of carbonyl (C=O) groups excluding carboxylic acids is 1. The van der Waals surface area contributed by atoms with Crippen molar-refractivity contribution >= 4 is 16.9 Å². The number of fused-ring (bicyclic) bond motifs is 1. The van der Waals surface area contributed by atoms with Gasteiger partial charge in [0.25, 0.3) is 0 Å². The van der Waals surface area contributed by atoms with E-state index in [0.29, 0.717) is 0 Å². The molecule has 3 aromatic rings. The Labute approximate surface area is 140 Å². The van der Waals surface area contributed by atoms with E-state index in [1.165, 1.54) is 5.56 Å². The summed E-state index contributed by atoms with van der Waals surface area (Å²) in [6.45, 7) is 1.67. The third kappa shape index (κ3) is 2.81. The van der Waals surface area contributed by atoms with Crippen molar-refractivity contribution in [2.45, 2.75) is 25.4 Å². The van der Waals surface area contributed by atoms with Crippen LogP contribution in [0.2, 0.25) is 0 Å². The van der Waals surface area contributed by atoms with Crippen LogP contribution in [0.5, 0.6) is 0 Å². The van der Waals surface area contributed by atoms with Crippen LogP contribution in [0.4, 0.5) is 0 Å². The Morgan fingerprint density at radius 2 is 2.00 bits per heavy atom. The smallest absolute Gasteiger partial charge is 0.234 e. The van der Waals surface area contributed by atoms with Crippen LogP contribution in [0.25, 0.3) is 22.3 Å². The lowest BCUT2D eigenvalue weighted by atomic mass is 10.1. The molecule has 2 N–H and O–H groups in total. The number of benzene rings is 2. The van der Waals surface area contributed by atoms with E-state index in [-0.39, 0.29) is 11.9 Å². The lowest BCUT2D eigenvalue weighted by Crippen LogP contribution is -2.39. The fourth-order valence-electron chi connectivity index (χ4n) is 3.51. The lowest BCUT2D eigenvalue weighted by molar-refractivity contribution is -0.122. The first kappa shape index (κ1) is 15.0. The molecular formula is C20H20N2O2. The van der Waals surface area contributed by atoms with Gasteiger partial charge in [0, 0.05) is 17.5 Å². The molecular weight excluding hydrogens is 300 g/mol. The first-order valence-electron chi connectivity index (χ1n) is 8.32. The summed E-state index contributed by atoms with van der Waals surface area (Å²) < 4.78 is 5.95. The molecule has 2 aromatic carbocycles. The summed E-state index contributed by atoms with van der Waals surface area (Å²) in [4.78, 5) is 13.7. The molecule has 1 amide bonds. The maximum atomic E-state index is 11.5. The van der Waals surface area contributed by atoms with E-state index < -0.39 is 0 Å². The van der Waals surface area contributed by atoms with E-state index >= 15 is 0 Å². The molecule has 1 fully saturated rings. The van der Waals surface area contributed by atoms with Gasteiger partial charge in [-0.2, -0.15) is 0 Å². The summed E-state index contributed by atoms with van der Waals surface area (Å²) in [5, 5.41) is 1.08. The number of hydrogen-bond donors (Lipinski definition) is 1. The van der Waals surface area contributed by atoms with Gasteiger partial charge in [-0.1, -0.05) is 36.4 Å². The largest absolute Gasteiger partial charge is 0.456 e. The highest BCUT2D eigenvalue weighted by Crippen LogP contribution is 2.29. The van der Waals surface area contributed by atoms with Gasteiger partial charge in [-0.15, -0.1) is 0 Å². The molecule has 0 spiro atoms. The number of likely N-dealkylation sites (tertiary alicyclic amines) is 1. The monoisotopic (exact) mass is 320 g/mol. The first-order chi connectivity index (χ1) is 11.7. The van der Waals surface area contributed by atoms with Crippen molar-refractivity contribution in [1.82, 2.24) is 4.90 Å². The van der Waals surface area contributed by atoms with Crippen molar-refractivity contribution in [3.63, 3.8) is 0 Å². The zero-order valence-electron chi connectivity index (χ0n) is 13.4. The Balaban J connectivity index is 1.60. The molecule has 4 rings (SSSR count). The average Bonchev–Trinajstić information content (AvgIpc) is 3.22. The van der Waals surface area contributed by atoms with Crippen molar-refractivity contribution in [3.05, 3.63) is 60.2 Å². The number of nitrogens with two attached hydrogens (primary N) is 1. The van der Waals surface area contributed by atoms with Crippen molar-refractivity contribution in [3.8, 4) is 11.3 Å². The number of primary amides is 1. The number of furan rings is 1. The molecule has 1 aliphatic heterocycles. The molecule has 1 aliphatic rings. The van der Waals surface area contributed by atoms with E-state index in [4.69, 9.17) is 10.2 Å². The zero-order valence-corrected chi connectivity index (χ0v) is 13.4. The summed E-state index contributed by atoms with van der Waals surface area (Å²) in [6, 6.07) is 18.2. The van der Waals surface area contributed by atoms with Crippen LogP contribution in [-0.4, -0.2) is 23.4 Å². The standard InChI is InChI=1S/C20H20N2O2/c21-20(23)17-7-4-10-22(17)13-14-8-9-18-16(11-14)12-19(24-18)15-5-2-1-3-6-15/h1-3,5-6,8-9,11-12,17H,4,7,10,13H2,(H2,21,23)/t17-/m0/s1. The molecule has 0 radical (unpaired) electrons. The number of hydrogen-bond acceptors (Lipinski definition) is 3. The fraction of sp³-hybridized carbons (Fsp3) is 0.250. The van der Waals surface area contributed by atoms with Crippen LogP contribution in [0.15, 0.2) is 59.0 Å². The van der Waals surface area contributed by atoms with Crippen molar-refractivity contribution in [2.75, 3.05) is 6.54 Å². The second-order valence-electron chi connectivity index (χ2n) is 6.38. The maximum Gasteiger partial charge on any atom is 0.234 e. The van der Waals surface area contributed by atoms with Gasteiger partial charge < -0.3 is 10.2 Å².